The molecule has 3 N–H and O–H groups in total. The highest BCUT2D eigenvalue weighted by molar-refractivity contribution is 5.79. The van der Waals surface area contributed by atoms with Crippen LogP contribution in [0.25, 0.3) is 11.0 Å². The van der Waals surface area contributed by atoms with Gasteiger partial charge in [-0.05, 0) is 37.1 Å². The van der Waals surface area contributed by atoms with Gasteiger partial charge < -0.3 is 15.6 Å². The maximum Gasteiger partial charge on any atom is 0.224 e. The minimum Gasteiger partial charge on any atom is -0.352 e. The van der Waals surface area contributed by atoms with E-state index < -0.39 is 0 Å². The number of hydrogen-bond donors (Lipinski definition) is 3. The molecule has 3 rings (SSSR count). The number of rotatable bonds is 3. The second-order valence-electron chi connectivity index (χ2n) is 5.02. The zero-order chi connectivity index (χ0) is 13.1. The fourth-order valence-corrected chi connectivity index (χ4v) is 2.50. The van der Waals surface area contributed by atoms with Gasteiger partial charge in [0, 0.05) is 13.1 Å². The SMILES string of the molecule is O=C(NCc1ccc2nc[nH]c2c1)C1CCCNC1. The molecule has 2 heterocycles. The zero-order valence-corrected chi connectivity index (χ0v) is 10.8. The van der Waals surface area contributed by atoms with Crippen LogP contribution in [0.2, 0.25) is 0 Å². The maximum atomic E-state index is 12.0. The number of nitrogens with one attached hydrogen (secondary N) is 3. The largest absolute Gasteiger partial charge is 0.352 e. The van der Waals surface area contributed by atoms with E-state index in [1.807, 2.05) is 18.2 Å². The fraction of sp³-hybridized carbons (Fsp3) is 0.429. The molecule has 1 atom stereocenters. The lowest BCUT2D eigenvalue weighted by Gasteiger charge is -2.21. The summed E-state index contributed by atoms with van der Waals surface area (Å²) < 4.78 is 0. The van der Waals surface area contributed by atoms with Crippen molar-refractivity contribution in [2.24, 2.45) is 5.92 Å². The maximum absolute atomic E-state index is 12.0. The number of benzene rings is 1. The third-order valence-electron chi connectivity index (χ3n) is 3.62. The molecule has 1 saturated heterocycles. The minimum atomic E-state index is 0.115. The second-order valence-corrected chi connectivity index (χ2v) is 5.02. The van der Waals surface area contributed by atoms with E-state index in [1.54, 1.807) is 6.33 Å². The van der Waals surface area contributed by atoms with Crippen LogP contribution in [0.3, 0.4) is 0 Å². The number of aromatic amines is 1. The minimum absolute atomic E-state index is 0.115. The predicted octanol–water partition coefficient (Wildman–Crippen LogP) is 1.18. The van der Waals surface area contributed by atoms with Crippen molar-refractivity contribution in [2.45, 2.75) is 19.4 Å². The van der Waals surface area contributed by atoms with Crippen LogP contribution in [0.1, 0.15) is 18.4 Å². The van der Waals surface area contributed by atoms with Crippen molar-refractivity contribution in [1.29, 1.82) is 0 Å². The summed E-state index contributed by atoms with van der Waals surface area (Å²) in [6.07, 6.45) is 3.75. The molecule has 0 bridgehead atoms. The highest BCUT2D eigenvalue weighted by atomic mass is 16.1. The van der Waals surface area contributed by atoms with Crippen molar-refractivity contribution in [1.82, 2.24) is 20.6 Å². The van der Waals surface area contributed by atoms with Crippen molar-refractivity contribution < 1.29 is 4.79 Å². The Morgan fingerprint density at radius 1 is 1.47 bits per heavy atom. The summed E-state index contributed by atoms with van der Waals surface area (Å²) in [7, 11) is 0. The molecule has 19 heavy (non-hydrogen) atoms. The molecule has 1 amide bonds. The quantitative estimate of drug-likeness (QED) is 0.774. The number of carbonyl (C=O) groups is 1. The van der Waals surface area contributed by atoms with E-state index in [2.05, 4.69) is 20.6 Å². The Morgan fingerprint density at radius 3 is 3.26 bits per heavy atom. The lowest BCUT2D eigenvalue weighted by atomic mass is 9.99. The van der Waals surface area contributed by atoms with Gasteiger partial charge in [-0.3, -0.25) is 4.79 Å². The first-order chi connectivity index (χ1) is 9.33. The molecule has 1 aromatic heterocycles. The summed E-state index contributed by atoms with van der Waals surface area (Å²) in [5.74, 6) is 0.265. The Kier molecular flexibility index (Phi) is 3.46. The van der Waals surface area contributed by atoms with Crippen molar-refractivity contribution in [3.63, 3.8) is 0 Å². The zero-order valence-electron chi connectivity index (χ0n) is 10.8. The second kappa shape index (κ2) is 5.40. The van der Waals surface area contributed by atoms with Gasteiger partial charge in [0.15, 0.2) is 0 Å². The van der Waals surface area contributed by atoms with Crippen molar-refractivity contribution >= 4 is 16.9 Å². The third kappa shape index (κ3) is 2.76. The summed E-state index contributed by atoms with van der Waals surface area (Å²) in [6.45, 7) is 2.40. The number of amides is 1. The molecule has 0 saturated carbocycles. The summed E-state index contributed by atoms with van der Waals surface area (Å²) in [5.41, 5.74) is 3.05. The standard InChI is InChI=1S/C14H18N4O/c19-14(11-2-1-5-15-8-11)16-7-10-3-4-12-13(6-10)18-9-17-12/h3-4,6,9,11,15H,1-2,5,7-8H2,(H,16,19)(H,17,18). The van der Waals surface area contributed by atoms with Crippen LogP contribution in [0, 0.1) is 5.92 Å². The van der Waals surface area contributed by atoms with Crippen molar-refractivity contribution in [3.05, 3.63) is 30.1 Å². The Balaban J connectivity index is 1.60. The predicted molar refractivity (Wildman–Crippen MR) is 73.5 cm³/mol. The normalized spacial score (nSPS) is 19.5. The number of imidazole rings is 1. The molecule has 0 spiro atoms. The summed E-state index contributed by atoms with van der Waals surface area (Å²) in [6, 6.07) is 6.00. The molecule has 5 heteroatoms. The van der Waals surface area contributed by atoms with E-state index in [-0.39, 0.29) is 11.8 Å². The van der Waals surface area contributed by atoms with Gasteiger partial charge in [0.1, 0.15) is 0 Å². The molecule has 1 fully saturated rings. The van der Waals surface area contributed by atoms with E-state index in [0.717, 1.165) is 42.5 Å². The Labute approximate surface area is 111 Å². The van der Waals surface area contributed by atoms with E-state index in [4.69, 9.17) is 0 Å². The van der Waals surface area contributed by atoms with Gasteiger partial charge in [0.2, 0.25) is 5.91 Å². The van der Waals surface area contributed by atoms with E-state index >= 15 is 0 Å². The molecule has 0 radical (unpaired) electrons. The molecule has 1 aliphatic heterocycles. The highest BCUT2D eigenvalue weighted by Crippen LogP contribution is 2.13. The van der Waals surface area contributed by atoms with Gasteiger partial charge >= 0.3 is 0 Å². The fourth-order valence-electron chi connectivity index (χ4n) is 2.50. The van der Waals surface area contributed by atoms with Gasteiger partial charge in [-0.1, -0.05) is 6.07 Å². The first-order valence-corrected chi connectivity index (χ1v) is 6.73. The highest BCUT2D eigenvalue weighted by Gasteiger charge is 2.20. The topological polar surface area (TPSA) is 69.8 Å². The van der Waals surface area contributed by atoms with Crippen LogP contribution >= 0.6 is 0 Å². The Hall–Kier alpha value is -1.88. The number of hydrogen-bond acceptors (Lipinski definition) is 3. The number of aromatic nitrogens is 2. The summed E-state index contributed by atoms with van der Waals surface area (Å²) >= 11 is 0. The van der Waals surface area contributed by atoms with Gasteiger partial charge in [-0.15, -0.1) is 0 Å². The first-order valence-electron chi connectivity index (χ1n) is 6.73. The first kappa shape index (κ1) is 12.2. The van der Waals surface area contributed by atoms with Crippen molar-refractivity contribution in [2.75, 3.05) is 13.1 Å². The van der Waals surface area contributed by atoms with Crippen LogP contribution in [0.5, 0.6) is 0 Å². The third-order valence-corrected chi connectivity index (χ3v) is 3.62. The van der Waals surface area contributed by atoms with Crippen LogP contribution in [-0.2, 0) is 11.3 Å². The molecule has 0 aliphatic carbocycles. The molecule has 2 aromatic rings. The lowest BCUT2D eigenvalue weighted by molar-refractivity contribution is -0.125. The lowest BCUT2D eigenvalue weighted by Crippen LogP contribution is -2.40. The van der Waals surface area contributed by atoms with Gasteiger partial charge in [-0.2, -0.15) is 0 Å². The monoisotopic (exact) mass is 258 g/mol. The average Bonchev–Trinajstić information content (AvgIpc) is 2.93. The van der Waals surface area contributed by atoms with E-state index in [9.17, 15) is 4.79 Å². The van der Waals surface area contributed by atoms with Crippen LogP contribution in [0.15, 0.2) is 24.5 Å². The van der Waals surface area contributed by atoms with Gasteiger partial charge in [0.25, 0.3) is 0 Å². The van der Waals surface area contributed by atoms with Gasteiger partial charge in [0.05, 0.1) is 23.3 Å². The van der Waals surface area contributed by atoms with E-state index in [0.29, 0.717) is 6.54 Å². The number of fused-ring (bicyclic) bond motifs is 1. The number of nitrogens with zero attached hydrogens (tertiary/aromatic N) is 1. The van der Waals surface area contributed by atoms with Crippen LogP contribution in [0.4, 0.5) is 0 Å². The van der Waals surface area contributed by atoms with E-state index in [1.165, 1.54) is 0 Å². The molecular weight excluding hydrogens is 240 g/mol. The number of carbonyl (C=O) groups excluding carboxylic acids is 1. The average molecular weight is 258 g/mol. The number of piperidine rings is 1. The molecule has 5 nitrogen and oxygen atoms in total. The molecule has 1 unspecified atom stereocenters. The van der Waals surface area contributed by atoms with Crippen LogP contribution < -0.4 is 10.6 Å². The molecular formula is C14H18N4O. The smallest absolute Gasteiger partial charge is 0.224 e. The molecule has 1 aromatic carbocycles. The van der Waals surface area contributed by atoms with Gasteiger partial charge in [-0.25, -0.2) is 4.98 Å². The van der Waals surface area contributed by atoms with Crippen LogP contribution in [-0.4, -0.2) is 29.0 Å². The summed E-state index contributed by atoms with van der Waals surface area (Å²) in [4.78, 5) is 19.3. The Morgan fingerprint density at radius 2 is 2.42 bits per heavy atom. The molecule has 100 valence electrons. The van der Waals surface area contributed by atoms with Crippen molar-refractivity contribution in [3.8, 4) is 0 Å². The molecule has 1 aliphatic rings. The Bertz CT molecular complexity index is 572. The number of H-pyrrole nitrogens is 1. The summed E-state index contributed by atoms with van der Waals surface area (Å²) in [5, 5.41) is 6.27.